The van der Waals surface area contributed by atoms with Crippen molar-refractivity contribution in [1.29, 1.82) is 0 Å². The van der Waals surface area contributed by atoms with E-state index in [4.69, 9.17) is 4.52 Å². The molecule has 3 aromatic rings. The summed E-state index contributed by atoms with van der Waals surface area (Å²) >= 11 is 0. The number of amides is 2. The van der Waals surface area contributed by atoms with Crippen LogP contribution in [0, 0.1) is 12.8 Å². The van der Waals surface area contributed by atoms with Crippen molar-refractivity contribution < 1.29 is 19.2 Å². The van der Waals surface area contributed by atoms with E-state index in [0.29, 0.717) is 22.9 Å². The molecule has 2 N–H and O–H groups in total. The average Bonchev–Trinajstić information content (AvgIpc) is 3.58. The molecule has 4 atom stereocenters. The number of carbonyl (C=O) groups excluding carboxylic acids is 2. The third kappa shape index (κ3) is 4.69. The number of hydrogen-bond donors (Lipinski definition) is 2. The van der Waals surface area contributed by atoms with Gasteiger partial charge in [-0.05, 0) is 37.0 Å². The van der Waals surface area contributed by atoms with Gasteiger partial charge in [0.05, 0.1) is 23.5 Å². The van der Waals surface area contributed by atoms with E-state index in [1.54, 1.807) is 42.5 Å². The van der Waals surface area contributed by atoms with Gasteiger partial charge in [-0.3, -0.25) is 14.4 Å². The number of aryl methyl sites for hydroxylation is 1. The third-order valence-corrected chi connectivity index (χ3v) is 7.73. The fourth-order valence-corrected chi connectivity index (χ4v) is 5.50. The summed E-state index contributed by atoms with van der Waals surface area (Å²) in [4.78, 5) is 45.0. The van der Waals surface area contributed by atoms with E-state index < -0.39 is 23.6 Å². The van der Waals surface area contributed by atoms with Gasteiger partial charge in [-0.2, -0.15) is 4.99 Å². The summed E-state index contributed by atoms with van der Waals surface area (Å²) in [6.07, 6.45) is -0.478. The number of likely N-dealkylation sites (tertiary alicyclic amines) is 1. The molecule has 5 rings (SSSR count). The number of benzene rings is 1. The maximum Gasteiger partial charge on any atom is 0.277 e. The van der Waals surface area contributed by atoms with Crippen molar-refractivity contribution in [2.45, 2.75) is 57.7 Å². The Bertz CT molecular complexity index is 1500. The fraction of sp³-hybridized carbons (Fsp3) is 0.414. The summed E-state index contributed by atoms with van der Waals surface area (Å²) < 4.78 is 7.01. The second-order valence-electron chi connectivity index (χ2n) is 10.9. The van der Waals surface area contributed by atoms with Crippen LogP contribution in [0.5, 0.6) is 0 Å². The van der Waals surface area contributed by atoms with Crippen LogP contribution in [0.15, 0.2) is 62.8 Å². The van der Waals surface area contributed by atoms with E-state index in [1.807, 2.05) is 44.2 Å². The topological polar surface area (TPSA) is 130 Å². The minimum Gasteiger partial charge on any atom is -0.391 e. The van der Waals surface area contributed by atoms with Crippen LogP contribution in [-0.2, 0) is 22.2 Å². The number of nitrogens with one attached hydrogen (secondary N) is 1. The third-order valence-electron chi connectivity index (χ3n) is 7.73. The maximum atomic E-state index is 13.8. The Labute approximate surface area is 226 Å². The van der Waals surface area contributed by atoms with Gasteiger partial charge in [0.2, 0.25) is 5.91 Å². The number of aliphatic imine (C=N–C) groups is 1. The molecule has 4 heterocycles. The number of nitrogens with zero attached hydrogens (tertiary/aromatic N) is 4. The van der Waals surface area contributed by atoms with E-state index in [1.165, 1.54) is 6.07 Å². The highest BCUT2D eigenvalue weighted by Gasteiger charge is 2.48. The van der Waals surface area contributed by atoms with E-state index in [0.717, 1.165) is 11.3 Å². The minimum atomic E-state index is -1.14. The predicted octanol–water partition coefficient (Wildman–Crippen LogP) is 2.49. The van der Waals surface area contributed by atoms with Crippen molar-refractivity contribution in [3.05, 3.63) is 75.9 Å². The Kier molecular flexibility index (Phi) is 6.76. The largest absolute Gasteiger partial charge is 0.391 e. The minimum absolute atomic E-state index is 0.0729. The Balaban J connectivity index is 1.40. The van der Waals surface area contributed by atoms with Crippen LogP contribution in [0.25, 0.3) is 11.3 Å². The zero-order valence-corrected chi connectivity index (χ0v) is 22.7. The van der Waals surface area contributed by atoms with Crippen LogP contribution in [-0.4, -0.2) is 56.1 Å². The van der Waals surface area contributed by atoms with Gasteiger partial charge < -0.3 is 24.4 Å². The molecule has 2 aromatic heterocycles. The molecule has 2 aliphatic heterocycles. The zero-order chi connectivity index (χ0) is 28.1. The Hall–Kier alpha value is -4.05. The van der Waals surface area contributed by atoms with Gasteiger partial charge >= 0.3 is 0 Å². The molecule has 1 saturated heterocycles. The van der Waals surface area contributed by atoms with E-state index in [2.05, 4.69) is 15.5 Å². The first kappa shape index (κ1) is 26.6. The summed E-state index contributed by atoms with van der Waals surface area (Å²) in [5, 5.41) is 17.8. The number of rotatable bonds is 6. The van der Waals surface area contributed by atoms with Crippen LogP contribution in [0.3, 0.4) is 0 Å². The van der Waals surface area contributed by atoms with Gasteiger partial charge in [-0.1, -0.05) is 49.3 Å². The second kappa shape index (κ2) is 9.92. The Morgan fingerprint density at radius 3 is 2.54 bits per heavy atom. The quantitative estimate of drug-likeness (QED) is 0.500. The molecule has 1 aromatic carbocycles. The molecule has 0 saturated carbocycles. The van der Waals surface area contributed by atoms with Crippen molar-refractivity contribution in [1.82, 2.24) is 19.9 Å². The molecule has 1 fully saturated rings. The highest BCUT2D eigenvalue weighted by Crippen LogP contribution is 2.34. The van der Waals surface area contributed by atoms with Gasteiger partial charge in [-0.25, -0.2) is 0 Å². The summed E-state index contributed by atoms with van der Waals surface area (Å²) in [6.45, 7) is 7.56. The lowest BCUT2D eigenvalue weighted by atomic mass is 9.90. The average molecular weight is 532 g/mol. The number of β-amino-alcohol motifs (C(OH)–C–C–N with tert-alkyl or cyclic N) is 1. The van der Waals surface area contributed by atoms with Crippen molar-refractivity contribution in [2.75, 3.05) is 6.54 Å². The molecule has 0 bridgehead atoms. The van der Waals surface area contributed by atoms with E-state index in [-0.39, 0.29) is 36.3 Å². The second-order valence-corrected chi connectivity index (χ2v) is 10.9. The normalized spacial score (nSPS) is 23.7. The first-order valence-corrected chi connectivity index (χ1v) is 13.1. The van der Waals surface area contributed by atoms with Crippen LogP contribution in [0.4, 0.5) is 0 Å². The Morgan fingerprint density at radius 1 is 1.18 bits per heavy atom. The highest BCUT2D eigenvalue weighted by molar-refractivity contribution is 6.09. The monoisotopic (exact) mass is 531 g/mol. The zero-order valence-electron chi connectivity index (χ0n) is 22.7. The number of amidine groups is 1. The Morgan fingerprint density at radius 2 is 1.90 bits per heavy atom. The molecule has 39 heavy (non-hydrogen) atoms. The number of aliphatic hydroxyl groups is 1. The van der Waals surface area contributed by atoms with Gasteiger partial charge in [0.1, 0.15) is 23.1 Å². The molecule has 0 radical (unpaired) electrons. The fourth-order valence-electron chi connectivity index (χ4n) is 5.50. The number of carbonyl (C=O) groups is 2. The number of aromatic nitrogens is 2. The molecule has 0 spiro atoms. The molecule has 10 nitrogen and oxygen atoms in total. The van der Waals surface area contributed by atoms with Crippen LogP contribution >= 0.6 is 0 Å². The molecular formula is C29H33N5O5. The predicted molar refractivity (Wildman–Crippen MR) is 145 cm³/mol. The van der Waals surface area contributed by atoms with Crippen molar-refractivity contribution >= 4 is 17.6 Å². The molecule has 2 amide bonds. The van der Waals surface area contributed by atoms with Crippen molar-refractivity contribution in [2.24, 2.45) is 18.0 Å². The molecule has 204 valence electrons. The van der Waals surface area contributed by atoms with Crippen LogP contribution in [0.2, 0.25) is 0 Å². The summed E-state index contributed by atoms with van der Waals surface area (Å²) in [7, 11) is 1.71. The summed E-state index contributed by atoms with van der Waals surface area (Å²) in [5.74, 6) is -0.395. The molecule has 4 unspecified atom stereocenters. The van der Waals surface area contributed by atoms with Crippen LogP contribution in [0.1, 0.15) is 50.1 Å². The number of aliphatic hydroxyl groups excluding tert-OH is 1. The summed E-state index contributed by atoms with van der Waals surface area (Å²) in [5.41, 5.74) is 1.74. The van der Waals surface area contributed by atoms with Gasteiger partial charge in [0, 0.05) is 32.1 Å². The van der Waals surface area contributed by atoms with E-state index >= 15 is 0 Å². The molecular weight excluding hydrogens is 498 g/mol. The lowest BCUT2D eigenvalue weighted by Crippen LogP contribution is -2.51. The first-order chi connectivity index (χ1) is 18.5. The van der Waals surface area contributed by atoms with Gasteiger partial charge in [-0.15, -0.1) is 0 Å². The number of pyridine rings is 1. The van der Waals surface area contributed by atoms with Gasteiger partial charge in [0.25, 0.3) is 11.5 Å². The van der Waals surface area contributed by atoms with Gasteiger partial charge in [0.15, 0.2) is 0 Å². The smallest absolute Gasteiger partial charge is 0.277 e. The molecule has 10 heteroatoms. The number of hydrogen-bond acceptors (Lipinski definition) is 7. The highest BCUT2D eigenvalue weighted by atomic mass is 16.5. The lowest BCUT2D eigenvalue weighted by Gasteiger charge is -2.31. The standard InChI is InChI=1S/C29H33N5O5/c1-16(2)25(23-13-17(3)32-39-23)27(37)34-15-20(35)14-22(34)26-30-28(38)29(4,31-26)19-11-9-18(10-12-19)21-7-6-8-24(36)33(21)5/h6-13,16,20,22,25,35H,14-15H2,1-5H3,(H,30,31,38). The SMILES string of the molecule is Cc1cc(C(C(=O)N2CC(O)CC2C2=NC(=O)C(C)(c3ccc(-c4cccc(=O)n4C)cc3)N2)C(C)C)on1. The van der Waals surface area contributed by atoms with Crippen molar-refractivity contribution in [3.8, 4) is 11.3 Å². The molecule has 2 aliphatic rings. The lowest BCUT2D eigenvalue weighted by molar-refractivity contribution is -0.134. The first-order valence-electron chi connectivity index (χ1n) is 13.1. The van der Waals surface area contributed by atoms with Crippen LogP contribution < -0.4 is 10.9 Å². The van der Waals surface area contributed by atoms with Crippen molar-refractivity contribution in [3.63, 3.8) is 0 Å². The van der Waals surface area contributed by atoms with E-state index in [9.17, 15) is 19.5 Å². The summed E-state index contributed by atoms with van der Waals surface area (Å²) in [6, 6.07) is 13.7. The maximum absolute atomic E-state index is 13.8. The molecule has 0 aliphatic carbocycles.